The number of amides is 1. The number of halogens is 1. The maximum absolute atomic E-state index is 12.9. The van der Waals surface area contributed by atoms with Crippen LogP contribution < -0.4 is 4.74 Å². The molecule has 6 nitrogen and oxygen atoms in total. The molecular weight excluding hydrogens is 328 g/mol. The van der Waals surface area contributed by atoms with Gasteiger partial charge in [0.2, 0.25) is 5.91 Å². The Balaban J connectivity index is 1.81. The van der Waals surface area contributed by atoms with Crippen molar-refractivity contribution in [3.63, 3.8) is 0 Å². The van der Waals surface area contributed by atoms with E-state index in [2.05, 4.69) is 15.2 Å². The summed E-state index contributed by atoms with van der Waals surface area (Å²) < 4.78 is 5.34. The molecule has 0 unspecified atom stereocenters. The fourth-order valence-corrected chi connectivity index (χ4v) is 3.35. The van der Waals surface area contributed by atoms with E-state index in [1.54, 1.807) is 25.3 Å². The molecule has 0 radical (unpaired) electrons. The van der Waals surface area contributed by atoms with E-state index in [1.807, 2.05) is 11.8 Å². The number of ether oxygens (including phenoxy) is 1. The Morgan fingerprint density at radius 3 is 3.00 bits per heavy atom. The number of aromatic amines is 1. The summed E-state index contributed by atoms with van der Waals surface area (Å²) in [5.41, 5.74) is 0.797. The highest BCUT2D eigenvalue weighted by Gasteiger charge is 2.31. The smallest absolute Gasteiger partial charge is 0.227 e. The predicted molar refractivity (Wildman–Crippen MR) is 91.1 cm³/mol. The fourth-order valence-electron chi connectivity index (χ4n) is 3.16. The van der Waals surface area contributed by atoms with Gasteiger partial charge in [0.1, 0.15) is 11.6 Å². The molecule has 1 amide bonds. The Morgan fingerprint density at radius 2 is 2.29 bits per heavy atom. The number of nitrogens with one attached hydrogen (secondary N) is 1. The highest BCUT2D eigenvalue weighted by atomic mass is 35.5. The van der Waals surface area contributed by atoms with Crippen molar-refractivity contribution >= 4 is 17.5 Å². The molecule has 2 aromatic rings. The first-order chi connectivity index (χ1) is 11.6. The van der Waals surface area contributed by atoms with Gasteiger partial charge < -0.3 is 9.64 Å². The molecule has 0 saturated carbocycles. The first-order valence-corrected chi connectivity index (χ1v) is 8.47. The zero-order chi connectivity index (χ0) is 17.1. The Hall–Kier alpha value is -2.08. The summed E-state index contributed by atoms with van der Waals surface area (Å²) in [6, 6.07) is 5.27. The Morgan fingerprint density at radius 1 is 1.46 bits per heavy atom. The predicted octanol–water partition coefficient (Wildman–Crippen LogP) is 3.07. The minimum Gasteiger partial charge on any atom is -0.496 e. The van der Waals surface area contributed by atoms with Gasteiger partial charge in [0.15, 0.2) is 5.82 Å². The molecule has 0 aliphatic carbocycles. The van der Waals surface area contributed by atoms with Gasteiger partial charge in [0.25, 0.3) is 0 Å². The van der Waals surface area contributed by atoms with Crippen LogP contribution in [0.3, 0.4) is 0 Å². The molecule has 1 aromatic carbocycles. The first-order valence-electron chi connectivity index (χ1n) is 8.09. The average Bonchev–Trinajstić information content (AvgIpc) is 3.01. The van der Waals surface area contributed by atoms with Crippen LogP contribution in [0.1, 0.15) is 42.5 Å². The number of benzene rings is 1. The summed E-state index contributed by atoms with van der Waals surface area (Å²) in [5, 5.41) is 7.71. The molecule has 0 spiro atoms. The Labute approximate surface area is 146 Å². The van der Waals surface area contributed by atoms with Gasteiger partial charge in [-0.2, -0.15) is 5.10 Å². The van der Waals surface area contributed by atoms with Crippen molar-refractivity contribution in [2.75, 3.05) is 13.7 Å². The number of nitrogens with zero attached hydrogens (tertiary/aromatic N) is 3. The van der Waals surface area contributed by atoms with E-state index in [0.29, 0.717) is 16.6 Å². The Kier molecular flexibility index (Phi) is 5.04. The number of hydrogen-bond donors (Lipinski definition) is 1. The third kappa shape index (κ3) is 3.53. The molecule has 1 fully saturated rings. The number of carbonyl (C=O) groups is 1. The van der Waals surface area contributed by atoms with Crippen LogP contribution in [0.5, 0.6) is 5.75 Å². The summed E-state index contributed by atoms with van der Waals surface area (Å²) in [6.07, 6.45) is 3.21. The maximum Gasteiger partial charge on any atom is 0.227 e. The monoisotopic (exact) mass is 348 g/mol. The molecule has 1 saturated heterocycles. The minimum absolute atomic E-state index is 0.0442. The summed E-state index contributed by atoms with van der Waals surface area (Å²) in [7, 11) is 1.59. The molecule has 3 rings (SSSR count). The minimum atomic E-state index is -0.0682. The number of methoxy groups -OCH3 is 1. The lowest BCUT2D eigenvalue weighted by molar-refractivity contribution is -0.134. The number of carbonyl (C=O) groups excluding carboxylic acids is 1. The van der Waals surface area contributed by atoms with Crippen LogP contribution in [0.15, 0.2) is 18.2 Å². The van der Waals surface area contributed by atoms with Crippen LogP contribution in [0.25, 0.3) is 0 Å². The second-order valence-electron chi connectivity index (χ2n) is 6.01. The lowest BCUT2D eigenvalue weighted by Crippen LogP contribution is -2.40. The molecule has 1 aliphatic rings. The molecule has 1 aliphatic heterocycles. The third-order valence-electron chi connectivity index (χ3n) is 4.32. The number of aryl methyl sites for hydroxylation is 1. The summed E-state index contributed by atoms with van der Waals surface area (Å²) >= 11 is 6.07. The number of H-pyrrole nitrogens is 1. The third-order valence-corrected chi connectivity index (χ3v) is 4.55. The molecule has 2 heterocycles. The van der Waals surface area contributed by atoms with Crippen molar-refractivity contribution in [2.45, 2.75) is 38.6 Å². The maximum atomic E-state index is 12.9. The first kappa shape index (κ1) is 16.8. The number of rotatable bonds is 4. The van der Waals surface area contributed by atoms with E-state index in [4.69, 9.17) is 16.3 Å². The van der Waals surface area contributed by atoms with Crippen LogP contribution in [0.2, 0.25) is 5.02 Å². The molecule has 7 heteroatoms. The molecule has 24 heavy (non-hydrogen) atoms. The van der Waals surface area contributed by atoms with E-state index in [1.165, 1.54) is 0 Å². The highest BCUT2D eigenvalue weighted by Crippen LogP contribution is 2.30. The SMILES string of the molecule is COc1ccc(Cl)cc1CC(=O)N1CCCC[C@@H]1c1n[nH]c(C)n1. The fraction of sp³-hybridized carbons (Fsp3) is 0.471. The molecule has 1 aromatic heterocycles. The molecule has 128 valence electrons. The zero-order valence-corrected chi connectivity index (χ0v) is 14.6. The lowest BCUT2D eigenvalue weighted by atomic mass is 10.00. The second-order valence-corrected chi connectivity index (χ2v) is 6.45. The van der Waals surface area contributed by atoms with Gasteiger partial charge >= 0.3 is 0 Å². The van der Waals surface area contributed by atoms with Gasteiger partial charge in [0, 0.05) is 17.1 Å². The van der Waals surface area contributed by atoms with Crippen LogP contribution in [0.4, 0.5) is 0 Å². The van der Waals surface area contributed by atoms with Crippen molar-refractivity contribution in [1.29, 1.82) is 0 Å². The van der Waals surface area contributed by atoms with Crippen molar-refractivity contribution in [1.82, 2.24) is 20.1 Å². The van der Waals surface area contributed by atoms with E-state index in [0.717, 1.165) is 37.2 Å². The lowest BCUT2D eigenvalue weighted by Gasteiger charge is -2.34. The summed E-state index contributed by atoms with van der Waals surface area (Å²) in [4.78, 5) is 19.2. The van der Waals surface area contributed by atoms with Crippen molar-refractivity contribution < 1.29 is 9.53 Å². The summed E-state index contributed by atoms with van der Waals surface area (Å²) in [6.45, 7) is 2.59. The van der Waals surface area contributed by atoms with E-state index < -0.39 is 0 Å². The van der Waals surface area contributed by atoms with Gasteiger partial charge in [-0.1, -0.05) is 11.6 Å². The number of likely N-dealkylation sites (tertiary alicyclic amines) is 1. The van der Waals surface area contributed by atoms with Crippen molar-refractivity contribution in [3.05, 3.63) is 40.4 Å². The zero-order valence-electron chi connectivity index (χ0n) is 13.9. The van der Waals surface area contributed by atoms with Gasteiger partial charge in [-0.05, 0) is 44.4 Å². The number of aromatic nitrogens is 3. The van der Waals surface area contributed by atoms with E-state index in [-0.39, 0.29) is 18.4 Å². The van der Waals surface area contributed by atoms with Gasteiger partial charge in [0.05, 0.1) is 19.6 Å². The van der Waals surface area contributed by atoms with Gasteiger partial charge in [-0.15, -0.1) is 0 Å². The van der Waals surface area contributed by atoms with Crippen LogP contribution in [0, 0.1) is 6.92 Å². The molecule has 1 N–H and O–H groups in total. The molecule has 0 bridgehead atoms. The quantitative estimate of drug-likeness (QED) is 0.921. The van der Waals surface area contributed by atoms with Crippen LogP contribution >= 0.6 is 11.6 Å². The molecule has 1 atom stereocenters. The van der Waals surface area contributed by atoms with Gasteiger partial charge in [-0.25, -0.2) is 4.98 Å². The topological polar surface area (TPSA) is 71.1 Å². The van der Waals surface area contributed by atoms with E-state index in [9.17, 15) is 4.79 Å². The number of hydrogen-bond acceptors (Lipinski definition) is 4. The Bertz CT molecular complexity index is 731. The largest absolute Gasteiger partial charge is 0.496 e. The average molecular weight is 349 g/mol. The normalized spacial score (nSPS) is 17.8. The second kappa shape index (κ2) is 7.21. The van der Waals surface area contributed by atoms with Gasteiger partial charge in [-0.3, -0.25) is 9.89 Å². The summed E-state index contributed by atoms with van der Waals surface area (Å²) in [5.74, 6) is 2.18. The van der Waals surface area contributed by atoms with Crippen molar-refractivity contribution in [2.24, 2.45) is 0 Å². The van der Waals surface area contributed by atoms with Crippen LogP contribution in [-0.2, 0) is 11.2 Å². The van der Waals surface area contributed by atoms with E-state index >= 15 is 0 Å². The van der Waals surface area contributed by atoms with Crippen molar-refractivity contribution in [3.8, 4) is 5.75 Å². The number of piperidine rings is 1. The highest BCUT2D eigenvalue weighted by molar-refractivity contribution is 6.30. The standard InChI is InChI=1S/C17H21ClN4O2/c1-11-19-17(21-20-11)14-5-3-4-8-22(14)16(23)10-12-9-13(18)6-7-15(12)24-2/h6-7,9,14H,3-5,8,10H2,1-2H3,(H,19,20,21)/t14-/m1/s1. The molecular formula is C17H21ClN4O2. The van der Waals surface area contributed by atoms with Crippen LogP contribution in [-0.4, -0.2) is 39.6 Å².